The third kappa shape index (κ3) is 4.28. The van der Waals surface area contributed by atoms with E-state index in [2.05, 4.69) is 20.7 Å². The number of nitrogens with zero attached hydrogens (tertiary/aromatic N) is 4. The average Bonchev–Trinajstić information content (AvgIpc) is 3.08. The molecular weight excluding hydrogens is 423 g/mol. The van der Waals surface area contributed by atoms with Gasteiger partial charge in [-0.2, -0.15) is 18.0 Å². The molecule has 1 aliphatic heterocycles. The number of benzene rings is 2. The number of hydrogen-bond acceptors (Lipinski definition) is 7. The lowest BCUT2D eigenvalue weighted by molar-refractivity contribution is -0.137. The minimum Gasteiger partial charge on any atom is -0.386 e. The molecular formula is C18H16F3N5O3S. The number of tetrazole rings is 1. The molecule has 158 valence electrons. The fourth-order valence-electron chi connectivity index (χ4n) is 3.23. The summed E-state index contributed by atoms with van der Waals surface area (Å²) in [6.07, 6.45) is -4.41. The number of halogens is 3. The first kappa shape index (κ1) is 20.3. The molecule has 30 heavy (non-hydrogen) atoms. The van der Waals surface area contributed by atoms with Gasteiger partial charge < -0.3 is 10.4 Å². The van der Waals surface area contributed by atoms with Gasteiger partial charge in [-0.15, -0.1) is 10.2 Å². The van der Waals surface area contributed by atoms with Gasteiger partial charge in [0.2, 0.25) is 5.82 Å². The van der Waals surface area contributed by atoms with Crippen LogP contribution in [0.1, 0.15) is 5.56 Å². The van der Waals surface area contributed by atoms with E-state index in [4.69, 9.17) is 0 Å². The molecule has 1 saturated heterocycles. The second-order valence-electron chi connectivity index (χ2n) is 7.15. The SMILES string of the molecule is O=S1(=O)CC(O)(Cn2nnc(-c3ccccc3Nc3ccc(C(F)(F)F)cc3)n2)C1. The molecule has 0 bridgehead atoms. The molecule has 4 rings (SSSR count). The van der Waals surface area contributed by atoms with E-state index < -0.39 is 27.2 Å². The van der Waals surface area contributed by atoms with Crippen LogP contribution in [0.5, 0.6) is 0 Å². The molecule has 0 aliphatic carbocycles. The zero-order valence-corrected chi connectivity index (χ0v) is 16.2. The fourth-order valence-corrected chi connectivity index (χ4v) is 4.97. The van der Waals surface area contributed by atoms with E-state index in [0.29, 0.717) is 16.9 Å². The number of anilines is 2. The van der Waals surface area contributed by atoms with Gasteiger partial charge in [0.05, 0.1) is 23.6 Å². The topological polar surface area (TPSA) is 110 Å². The van der Waals surface area contributed by atoms with E-state index in [9.17, 15) is 26.7 Å². The predicted octanol–water partition coefficient (Wildman–Crippen LogP) is 2.26. The highest BCUT2D eigenvalue weighted by Crippen LogP contribution is 2.32. The number of sulfone groups is 1. The quantitative estimate of drug-likeness (QED) is 0.628. The van der Waals surface area contributed by atoms with E-state index in [1.807, 2.05) is 0 Å². The fraction of sp³-hybridized carbons (Fsp3) is 0.278. The maximum absolute atomic E-state index is 12.7. The van der Waals surface area contributed by atoms with E-state index in [1.54, 1.807) is 24.3 Å². The monoisotopic (exact) mass is 439 g/mol. The van der Waals surface area contributed by atoms with Crippen molar-refractivity contribution in [2.75, 3.05) is 16.8 Å². The van der Waals surface area contributed by atoms with Crippen LogP contribution < -0.4 is 5.32 Å². The zero-order chi connectivity index (χ0) is 21.6. The second kappa shape index (κ2) is 7.06. The third-order valence-electron chi connectivity index (χ3n) is 4.52. The van der Waals surface area contributed by atoms with Crippen molar-refractivity contribution >= 4 is 21.2 Å². The highest BCUT2D eigenvalue weighted by atomic mass is 32.2. The van der Waals surface area contributed by atoms with Gasteiger partial charge in [-0.1, -0.05) is 12.1 Å². The van der Waals surface area contributed by atoms with Gasteiger partial charge >= 0.3 is 6.18 Å². The molecule has 8 nitrogen and oxygen atoms in total. The Kier molecular flexibility index (Phi) is 4.77. The van der Waals surface area contributed by atoms with Crippen molar-refractivity contribution in [3.63, 3.8) is 0 Å². The molecule has 0 unspecified atom stereocenters. The summed E-state index contributed by atoms with van der Waals surface area (Å²) in [5.41, 5.74) is -0.647. The van der Waals surface area contributed by atoms with E-state index in [1.165, 1.54) is 12.1 Å². The maximum Gasteiger partial charge on any atom is 0.416 e. The Hall–Kier alpha value is -2.99. The first-order chi connectivity index (χ1) is 14.0. The maximum atomic E-state index is 12.7. The zero-order valence-electron chi connectivity index (χ0n) is 15.3. The van der Waals surface area contributed by atoms with Gasteiger partial charge in [-0.3, -0.25) is 0 Å². The first-order valence-electron chi connectivity index (χ1n) is 8.77. The molecule has 3 aromatic rings. The van der Waals surface area contributed by atoms with Crippen LogP contribution in [0.25, 0.3) is 11.4 Å². The van der Waals surface area contributed by atoms with Crippen LogP contribution in [0.4, 0.5) is 24.5 Å². The predicted molar refractivity (Wildman–Crippen MR) is 102 cm³/mol. The number of rotatable bonds is 5. The highest BCUT2D eigenvalue weighted by molar-refractivity contribution is 7.93. The molecule has 0 atom stereocenters. The Balaban J connectivity index is 1.53. The lowest BCUT2D eigenvalue weighted by atomic mass is 10.1. The summed E-state index contributed by atoms with van der Waals surface area (Å²) >= 11 is 0. The van der Waals surface area contributed by atoms with Gasteiger partial charge in [0.25, 0.3) is 0 Å². The average molecular weight is 439 g/mol. The van der Waals surface area contributed by atoms with Crippen LogP contribution >= 0.6 is 0 Å². The largest absolute Gasteiger partial charge is 0.416 e. The van der Waals surface area contributed by atoms with E-state index in [-0.39, 0.29) is 23.9 Å². The Morgan fingerprint density at radius 3 is 2.40 bits per heavy atom. The summed E-state index contributed by atoms with van der Waals surface area (Å²) in [7, 11) is -3.23. The molecule has 0 radical (unpaired) electrons. The van der Waals surface area contributed by atoms with Crippen LogP contribution in [0, 0.1) is 0 Å². The number of aliphatic hydroxyl groups is 1. The van der Waals surface area contributed by atoms with Crippen molar-refractivity contribution in [1.82, 2.24) is 20.2 Å². The van der Waals surface area contributed by atoms with Gasteiger partial charge in [0.15, 0.2) is 9.84 Å². The summed E-state index contributed by atoms with van der Waals surface area (Å²) in [5, 5.41) is 25.2. The number of alkyl halides is 3. The Labute approximate surface area is 169 Å². The number of hydrogen-bond donors (Lipinski definition) is 2. The summed E-state index contributed by atoms with van der Waals surface area (Å²) in [5.74, 6) is -0.498. The third-order valence-corrected chi connectivity index (χ3v) is 6.48. The van der Waals surface area contributed by atoms with Crippen LogP contribution in [-0.4, -0.2) is 50.8 Å². The van der Waals surface area contributed by atoms with Gasteiger partial charge in [-0.05, 0) is 41.6 Å². The van der Waals surface area contributed by atoms with Crippen molar-refractivity contribution in [2.24, 2.45) is 0 Å². The van der Waals surface area contributed by atoms with Crippen molar-refractivity contribution in [3.05, 3.63) is 54.1 Å². The number of para-hydroxylation sites is 1. The molecule has 12 heteroatoms. The molecule has 1 fully saturated rings. The summed E-state index contributed by atoms with van der Waals surface area (Å²) in [6, 6.07) is 11.5. The van der Waals surface area contributed by atoms with Crippen LogP contribution in [0.3, 0.4) is 0 Å². The minimum atomic E-state index is -4.41. The van der Waals surface area contributed by atoms with Crippen molar-refractivity contribution in [3.8, 4) is 11.4 Å². The molecule has 2 heterocycles. The molecule has 0 saturated carbocycles. The smallest absolute Gasteiger partial charge is 0.386 e. The van der Waals surface area contributed by atoms with Gasteiger partial charge in [0, 0.05) is 16.9 Å². The molecule has 2 aromatic carbocycles. The first-order valence-corrected chi connectivity index (χ1v) is 10.6. The van der Waals surface area contributed by atoms with Gasteiger partial charge in [0.1, 0.15) is 5.60 Å². The summed E-state index contributed by atoms with van der Waals surface area (Å²) < 4.78 is 60.8. The Morgan fingerprint density at radius 1 is 1.10 bits per heavy atom. The minimum absolute atomic E-state index is 0.117. The van der Waals surface area contributed by atoms with Crippen molar-refractivity contribution < 1.29 is 26.7 Å². The Morgan fingerprint density at radius 2 is 1.77 bits per heavy atom. The highest BCUT2D eigenvalue weighted by Gasteiger charge is 2.48. The van der Waals surface area contributed by atoms with Crippen LogP contribution in [-0.2, 0) is 22.6 Å². The molecule has 1 aliphatic rings. The van der Waals surface area contributed by atoms with Crippen molar-refractivity contribution in [1.29, 1.82) is 0 Å². The molecule has 1 aromatic heterocycles. The number of aromatic nitrogens is 4. The van der Waals surface area contributed by atoms with E-state index in [0.717, 1.165) is 16.9 Å². The summed E-state index contributed by atoms with van der Waals surface area (Å²) in [4.78, 5) is 1.12. The molecule has 0 spiro atoms. The lowest BCUT2D eigenvalue weighted by Crippen LogP contribution is -2.57. The summed E-state index contributed by atoms with van der Waals surface area (Å²) in [6.45, 7) is -0.117. The van der Waals surface area contributed by atoms with Crippen LogP contribution in [0.2, 0.25) is 0 Å². The van der Waals surface area contributed by atoms with Crippen molar-refractivity contribution in [2.45, 2.75) is 18.3 Å². The second-order valence-corrected chi connectivity index (χ2v) is 9.21. The molecule has 0 amide bonds. The van der Waals surface area contributed by atoms with E-state index >= 15 is 0 Å². The van der Waals surface area contributed by atoms with Crippen LogP contribution in [0.15, 0.2) is 48.5 Å². The Bertz CT molecular complexity index is 1160. The normalized spacial score (nSPS) is 17.3. The molecule has 2 N–H and O–H groups in total. The number of nitrogens with one attached hydrogen (secondary N) is 1. The standard InChI is InChI=1S/C18H16F3N5O3S/c19-18(20,21)12-5-7-13(8-6-12)22-15-4-2-1-3-14(15)16-23-25-26(24-16)9-17(27)10-30(28,29)11-17/h1-8,22,27H,9-11H2. The van der Waals surface area contributed by atoms with Gasteiger partial charge in [-0.25, -0.2) is 8.42 Å². The lowest BCUT2D eigenvalue weighted by Gasteiger charge is -2.34.